The summed E-state index contributed by atoms with van der Waals surface area (Å²) >= 11 is 0. The molecule has 1 aromatic rings. The lowest BCUT2D eigenvalue weighted by Crippen LogP contribution is -2.50. The smallest absolute Gasteiger partial charge is 0.246 e. The molecule has 1 fully saturated rings. The molecule has 0 amide bonds. The van der Waals surface area contributed by atoms with Gasteiger partial charge in [0, 0.05) is 12.6 Å². The predicted molar refractivity (Wildman–Crippen MR) is 62.1 cm³/mol. The first kappa shape index (κ1) is 12.5. The number of morpholine rings is 1. The van der Waals surface area contributed by atoms with Crippen LogP contribution in [0, 0.1) is 6.92 Å². The maximum absolute atomic E-state index is 12.4. The van der Waals surface area contributed by atoms with Gasteiger partial charge in [0.15, 0.2) is 0 Å². The van der Waals surface area contributed by atoms with E-state index >= 15 is 0 Å². The van der Waals surface area contributed by atoms with Crippen molar-refractivity contribution in [3.8, 4) is 0 Å². The fraction of sp³-hybridized carbons (Fsp3) is 0.700. The molecule has 96 valence electrons. The number of aryl methyl sites for hydroxylation is 1. The Bertz CT molecular complexity index is 497. The molecule has 7 heteroatoms. The molecule has 0 spiro atoms. The minimum absolute atomic E-state index is 0.0758. The van der Waals surface area contributed by atoms with Crippen molar-refractivity contribution < 1.29 is 13.2 Å². The largest absolute Gasteiger partial charge is 0.375 e. The van der Waals surface area contributed by atoms with Crippen LogP contribution in [-0.4, -0.2) is 48.2 Å². The molecule has 2 unspecified atom stereocenters. The van der Waals surface area contributed by atoms with Crippen molar-refractivity contribution >= 4 is 10.0 Å². The number of nitrogens with zero attached hydrogens (tertiary/aromatic N) is 2. The minimum Gasteiger partial charge on any atom is -0.375 e. The van der Waals surface area contributed by atoms with Crippen LogP contribution in [0.1, 0.15) is 19.5 Å². The lowest BCUT2D eigenvalue weighted by atomic mass is 10.2. The predicted octanol–water partition coefficient (Wildman–Crippen LogP) is 0.516. The summed E-state index contributed by atoms with van der Waals surface area (Å²) in [4.78, 5) is 0.249. The zero-order valence-corrected chi connectivity index (χ0v) is 11.0. The Kier molecular flexibility index (Phi) is 3.24. The Morgan fingerprint density at radius 2 is 2.24 bits per heavy atom. The number of hydrogen-bond acceptors (Lipinski definition) is 4. The second-order valence-electron chi connectivity index (χ2n) is 4.43. The van der Waals surface area contributed by atoms with Crippen molar-refractivity contribution in [3.05, 3.63) is 11.9 Å². The van der Waals surface area contributed by atoms with E-state index in [0.717, 1.165) is 0 Å². The van der Waals surface area contributed by atoms with E-state index in [1.54, 1.807) is 6.92 Å². The number of rotatable bonds is 2. The number of ether oxygens (including phenoxy) is 1. The Morgan fingerprint density at radius 3 is 2.82 bits per heavy atom. The van der Waals surface area contributed by atoms with Gasteiger partial charge in [-0.15, -0.1) is 0 Å². The molecule has 0 saturated carbocycles. The van der Waals surface area contributed by atoms with Crippen molar-refractivity contribution in [1.82, 2.24) is 14.5 Å². The van der Waals surface area contributed by atoms with Crippen LogP contribution in [0.3, 0.4) is 0 Å². The third kappa shape index (κ3) is 2.22. The third-order valence-electron chi connectivity index (χ3n) is 2.92. The van der Waals surface area contributed by atoms with E-state index < -0.39 is 10.0 Å². The lowest BCUT2D eigenvalue weighted by molar-refractivity contribution is -0.0170. The molecule has 0 radical (unpaired) electrons. The topological polar surface area (TPSA) is 75.3 Å². The summed E-state index contributed by atoms with van der Waals surface area (Å²) in [6.07, 6.45) is 1.28. The molecule has 0 bridgehead atoms. The minimum atomic E-state index is -3.47. The Morgan fingerprint density at radius 1 is 1.53 bits per heavy atom. The summed E-state index contributed by atoms with van der Waals surface area (Å²) < 4.78 is 31.8. The van der Waals surface area contributed by atoms with Crippen molar-refractivity contribution in [1.29, 1.82) is 0 Å². The van der Waals surface area contributed by atoms with E-state index in [9.17, 15) is 8.42 Å². The van der Waals surface area contributed by atoms with Crippen molar-refractivity contribution in [2.45, 2.75) is 37.8 Å². The quantitative estimate of drug-likeness (QED) is 0.840. The van der Waals surface area contributed by atoms with Crippen molar-refractivity contribution in [3.63, 3.8) is 0 Å². The third-order valence-corrected chi connectivity index (χ3v) is 5.01. The SMILES string of the molecule is Cc1[nH]ncc1S(=O)(=O)N1CC(C)OCC1C. The van der Waals surface area contributed by atoms with Crippen LogP contribution < -0.4 is 0 Å². The van der Waals surface area contributed by atoms with Crippen molar-refractivity contribution in [2.24, 2.45) is 0 Å². The molecule has 17 heavy (non-hydrogen) atoms. The number of nitrogens with one attached hydrogen (secondary N) is 1. The molecular weight excluding hydrogens is 242 g/mol. The monoisotopic (exact) mass is 259 g/mol. The van der Waals surface area contributed by atoms with Gasteiger partial charge in [-0.25, -0.2) is 8.42 Å². The zero-order chi connectivity index (χ0) is 12.6. The number of aromatic nitrogens is 2. The maximum Gasteiger partial charge on any atom is 0.246 e. The summed E-state index contributed by atoms with van der Waals surface area (Å²) in [7, 11) is -3.47. The molecule has 1 aliphatic heterocycles. The molecule has 1 aromatic heterocycles. The molecule has 2 atom stereocenters. The van der Waals surface area contributed by atoms with Gasteiger partial charge < -0.3 is 4.74 Å². The lowest BCUT2D eigenvalue weighted by Gasteiger charge is -2.35. The molecule has 1 aliphatic rings. The number of aromatic amines is 1. The molecule has 6 nitrogen and oxygen atoms in total. The standard InChI is InChI=1S/C10H17N3O3S/c1-7-6-16-8(2)5-13(7)17(14,15)10-4-11-12-9(10)3/h4,7-8H,5-6H2,1-3H3,(H,11,12). The molecule has 0 aliphatic carbocycles. The first-order chi connectivity index (χ1) is 7.93. The maximum atomic E-state index is 12.4. The van der Waals surface area contributed by atoms with Gasteiger partial charge in [-0.1, -0.05) is 0 Å². The summed E-state index contributed by atoms with van der Waals surface area (Å²) in [5.74, 6) is 0. The van der Waals surface area contributed by atoms with Gasteiger partial charge >= 0.3 is 0 Å². The molecule has 2 rings (SSSR count). The summed E-state index contributed by atoms with van der Waals surface area (Å²) in [5.41, 5.74) is 0.566. The van der Waals surface area contributed by atoms with E-state index in [0.29, 0.717) is 18.8 Å². The van der Waals surface area contributed by atoms with E-state index in [4.69, 9.17) is 4.74 Å². The first-order valence-corrected chi connectivity index (χ1v) is 7.00. The number of sulfonamides is 1. The Labute approximate surface area is 101 Å². The van der Waals surface area contributed by atoms with Gasteiger partial charge in [-0.3, -0.25) is 5.10 Å². The van der Waals surface area contributed by atoms with E-state index in [2.05, 4.69) is 10.2 Å². The van der Waals surface area contributed by atoms with E-state index in [1.807, 2.05) is 13.8 Å². The van der Waals surface area contributed by atoms with Crippen LogP contribution >= 0.6 is 0 Å². The van der Waals surface area contributed by atoms with Crippen molar-refractivity contribution in [2.75, 3.05) is 13.2 Å². The van der Waals surface area contributed by atoms with Gasteiger partial charge in [0.05, 0.1) is 24.6 Å². The fourth-order valence-corrected chi connectivity index (χ4v) is 3.75. The summed E-state index contributed by atoms with van der Waals surface area (Å²) in [6, 6.07) is -0.148. The summed E-state index contributed by atoms with van der Waals surface area (Å²) in [5, 5.41) is 6.42. The second kappa shape index (κ2) is 4.40. The van der Waals surface area contributed by atoms with E-state index in [-0.39, 0.29) is 17.0 Å². The van der Waals surface area contributed by atoms with Crippen LogP contribution in [-0.2, 0) is 14.8 Å². The van der Waals surface area contributed by atoms with Crippen LogP contribution in [0.5, 0.6) is 0 Å². The van der Waals surface area contributed by atoms with Crippen LogP contribution in [0.15, 0.2) is 11.1 Å². The fourth-order valence-electron chi connectivity index (χ4n) is 1.93. The molecular formula is C10H17N3O3S. The van der Waals surface area contributed by atoms with Gasteiger partial charge in [0.25, 0.3) is 0 Å². The zero-order valence-electron chi connectivity index (χ0n) is 10.2. The molecule has 2 heterocycles. The van der Waals surface area contributed by atoms with Crippen LogP contribution in [0.25, 0.3) is 0 Å². The highest BCUT2D eigenvalue weighted by Gasteiger charge is 2.35. The summed E-state index contributed by atoms with van der Waals surface area (Å²) in [6.45, 7) is 6.23. The Balaban J connectivity index is 2.35. The number of H-pyrrole nitrogens is 1. The average molecular weight is 259 g/mol. The van der Waals surface area contributed by atoms with Crippen LogP contribution in [0.2, 0.25) is 0 Å². The molecule has 1 N–H and O–H groups in total. The molecule has 0 aromatic carbocycles. The normalized spacial score (nSPS) is 27.2. The van der Waals surface area contributed by atoms with Crippen LogP contribution in [0.4, 0.5) is 0 Å². The average Bonchev–Trinajstić information content (AvgIpc) is 2.68. The van der Waals surface area contributed by atoms with Gasteiger partial charge in [0.1, 0.15) is 4.90 Å². The highest BCUT2D eigenvalue weighted by molar-refractivity contribution is 7.89. The highest BCUT2D eigenvalue weighted by Crippen LogP contribution is 2.23. The highest BCUT2D eigenvalue weighted by atomic mass is 32.2. The molecule has 1 saturated heterocycles. The van der Waals surface area contributed by atoms with Gasteiger partial charge in [0.2, 0.25) is 10.0 Å². The van der Waals surface area contributed by atoms with E-state index in [1.165, 1.54) is 10.5 Å². The second-order valence-corrected chi connectivity index (χ2v) is 6.29. The van der Waals surface area contributed by atoms with Gasteiger partial charge in [-0.05, 0) is 20.8 Å². The first-order valence-electron chi connectivity index (χ1n) is 5.56. The Hall–Kier alpha value is -0.920. The van der Waals surface area contributed by atoms with Gasteiger partial charge in [-0.2, -0.15) is 9.40 Å². The number of hydrogen-bond donors (Lipinski definition) is 1.